The van der Waals surface area contributed by atoms with E-state index in [0.717, 1.165) is 39.3 Å². The molecule has 4 N–H and O–H groups in total. The SMILES string of the molecule is CCCCCCCCCCCCCCCCN1CCNCCNCCNCC1.[O-][Cl+3]([O-])([O-])[O-].[OH-].[Zn+2]. The van der Waals surface area contributed by atoms with Gasteiger partial charge in [-0.1, -0.05) is 90.4 Å². The summed E-state index contributed by atoms with van der Waals surface area (Å²) >= 11 is 0. The third kappa shape index (κ3) is 39.2. The van der Waals surface area contributed by atoms with Gasteiger partial charge in [-0.25, -0.2) is 18.6 Å². The second kappa shape index (κ2) is 30.8. The standard InChI is InChI=1S/C24H52N4.ClHO4.H2O.Zn/c1-2-3-4-5-6-7-8-9-10-11-12-13-14-15-22-28-23-20-26-18-16-25-17-19-27-21-24-28;2-1(3,4)5;;/h25-27H,2-24H2,1H3;(H,2,3,4,5);1H2;/q;;;+2/p-2. The molecule has 0 saturated carbocycles. The molecule has 0 aromatic rings. The fourth-order valence-corrected chi connectivity index (χ4v) is 4.07. The Morgan fingerprint density at radius 3 is 1.17 bits per heavy atom. The Bertz CT molecular complexity index is 381. The van der Waals surface area contributed by atoms with Gasteiger partial charge < -0.3 is 26.3 Å². The first-order valence-corrected chi connectivity index (χ1v) is 14.6. The van der Waals surface area contributed by atoms with E-state index in [1.807, 2.05) is 0 Å². The van der Waals surface area contributed by atoms with Crippen LogP contribution in [0.1, 0.15) is 96.8 Å². The molecule has 208 valence electrons. The molecule has 0 unspecified atom stereocenters. The van der Waals surface area contributed by atoms with E-state index in [1.54, 1.807) is 0 Å². The van der Waals surface area contributed by atoms with Crippen LogP contribution in [0, 0.1) is 10.2 Å². The molecule has 1 aliphatic rings. The van der Waals surface area contributed by atoms with Crippen LogP contribution in [0.25, 0.3) is 0 Å². The van der Waals surface area contributed by atoms with Gasteiger partial charge >= 0.3 is 19.5 Å². The van der Waals surface area contributed by atoms with Crippen LogP contribution in [0.3, 0.4) is 0 Å². The zero-order valence-corrected chi connectivity index (χ0v) is 26.1. The van der Waals surface area contributed by atoms with Crippen LogP contribution >= 0.6 is 0 Å². The van der Waals surface area contributed by atoms with Crippen molar-refractivity contribution in [3.63, 3.8) is 0 Å². The Morgan fingerprint density at radius 1 is 0.543 bits per heavy atom. The maximum Gasteiger partial charge on any atom is 2.00 e. The molecule has 0 spiro atoms. The van der Waals surface area contributed by atoms with Crippen molar-refractivity contribution in [2.75, 3.05) is 58.9 Å². The molecular weight excluding hydrogens is 525 g/mol. The van der Waals surface area contributed by atoms with Crippen LogP contribution < -0.4 is 34.6 Å². The molecule has 1 saturated heterocycles. The molecule has 1 fully saturated rings. The molecular formula is C24H53ClN4O5Zn. The van der Waals surface area contributed by atoms with Crippen LogP contribution in [-0.2, 0) is 19.5 Å². The minimum Gasteiger partial charge on any atom is -0.870 e. The first-order valence-electron chi connectivity index (χ1n) is 13.4. The summed E-state index contributed by atoms with van der Waals surface area (Å²) in [4.78, 5) is 2.65. The number of rotatable bonds is 15. The number of hydrogen-bond donors (Lipinski definition) is 3. The van der Waals surface area contributed by atoms with Crippen molar-refractivity contribution in [2.24, 2.45) is 0 Å². The topological polar surface area (TPSA) is 162 Å². The van der Waals surface area contributed by atoms with Crippen LogP contribution in [0.5, 0.6) is 0 Å². The Balaban J connectivity index is -0.00000132. The third-order valence-electron chi connectivity index (χ3n) is 5.99. The molecule has 9 nitrogen and oxygen atoms in total. The summed E-state index contributed by atoms with van der Waals surface area (Å²) in [7, 11) is -4.94. The summed E-state index contributed by atoms with van der Waals surface area (Å²) in [5, 5.41) is 10.6. The van der Waals surface area contributed by atoms with E-state index in [2.05, 4.69) is 27.8 Å². The first kappa shape index (κ1) is 40.1. The number of unbranched alkanes of at least 4 members (excludes halogenated alkanes) is 13. The van der Waals surface area contributed by atoms with Crippen molar-refractivity contribution in [1.82, 2.24) is 20.9 Å². The van der Waals surface area contributed by atoms with Crippen LogP contribution in [0.4, 0.5) is 0 Å². The Kier molecular flexibility index (Phi) is 35.2. The molecule has 1 rings (SSSR count). The fraction of sp³-hybridized carbons (Fsp3) is 1.00. The Labute approximate surface area is 230 Å². The van der Waals surface area contributed by atoms with Gasteiger partial charge in [0.15, 0.2) is 0 Å². The van der Waals surface area contributed by atoms with Gasteiger partial charge in [0.25, 0.3) is 0 Å². The Hall–Kier alpha value is 0.553. The van der Waals surface area contributed by atoms with E-state index in [0.29, 0.717) is 0 Å². The fourth-order valence-electron chi connectivity index (χ4n) is 4.07. The van der Waals surface area contributed by atoms with Crippen molar-refractivity contribution >= 4 is 0 Å². The van der Waals surface area contributed by atoms with E-state index in [-0.39, 0.29) is 25.0 Å². The zero-order valence-electron chi connectivity index (χ0n) is 22.4. The first-order chi connectivity index (χ1) is 15.9. The zero-order chi connectivity index (χ0) is 24.5. The van der Waals surface area contributed by atoms with E-state index in [1.165, 1.54) is 110 Å². The number of nitrogens with zero attached hydrogens (tertiary/aromatic N) is 1. The van der Waals surface area contributed by atoms with Crippen molar-refractivity contribution in [3.8, 4) is 0 Å². The molecule has 0 amide bonds. The van der Waals surface area contributed by atoms with Gasteiger partial charge in [0, 0.05) is 52.4 Å². The van der Waals surface area contributed by atoms with Crippen molar-refractivity contribution < 1.29 is 53.8 Å². The van der Waals surface area contributed by atoms with Crippen molar-refractivity contribution in [2.45, 2.75) is 96.8 Å². The average Bonchev–Trinajstić information content (AvgIpc) is 2.74. The molecule has 0 atom stereocenters. The predicted octanol–water partition coefficient (Wildman–Crippen LogP) is -0.383. The predicted molar refractivity (Wildman–Crippen MR) is 127 cm³/mol. The summed E-state index contributed by atoms with van der Waals surface area (Å²) in [5.74, 6) is 0. The summed E-state index contributed by atoms with van der Waals surface area (Å²) in [6.45, 7) is 12.6. The van der Waals surface area contributed by atoms with Gasteiger partial charge in [-0.15, -0.1) is 10.2 Å². The minimum absolute atomic E-state index is 0. The van der Waals surface area contributed by atoms with Crippen molar-refractivity contribution in [3.05, 3.63) is 0 Å². The van der Waals surface area contributed by atoms with Crippen LogP contribution in [0.2, 0.25) is 0 Å². The molecule has 0 aliphatic carbocycles. The van der Waals surface area contributed by atoms with E-state index < -0.39 is 10.2 Å². The van der Waals surface area contributed by atoms with Gasteiger partial charge in [0.05, 0.1) is 0 Å². The normalized spacial score (nSPS) is 16.0. The van der Waals surface area contributed by atoms with E-state index >= 15 is 0 Å². The summed E-state index contributed by atoms with van der Waals surface area (Å²) in [6.07, 6.45) is 20.2. The second-order valence-electron chi connectivity index (χ2n) is 9.07. The number of halogens is 1. The van der Waals surface area contributed by atoms with E-state index in [4.69, 9.17) is 18.6 Å². The summed E-state index contributed by atoms with van der Waals surface area (Å²) < 4.78 is 34.0. The quantitative estimate of drug-likeness (QED) is 0.174. The second-order valence-corrected chi connectivity index (χ2v) is 9.82. The molecule has 0 bridgehead atoms. The van der Waals surface area contributed by atoms with Crippen molar-refractivity contribution in [1.29, 1.82) is 0 Å². The summed E-state index contributed by atoms with van der Waals surface area (Å²) in [5.41, 5.74) is 0. The van der Waals surface area contributed by atoms with Gasteiger partial charge in [0.1, 0.15) is 0 Å². The molecule has 0 aromatic heterocycles. The monoisotopic (exact) mass is 576 g/mol. The van der Waals surface area contributed by atoms with Gasteiger partial charge in [-0.05, 0) is 13.0 Å². The molecule has 1 heterocycles. The number of hydrogen-bond acceptors (Lipinski definition) is 9. The Morgan fingerprint density at radius 2 is 0.829 bits per heavy atom. The smallest absolute Gasteiger partial charge is 0.870 e. The van der Waals surface area contributed by atoms with Crippen LogP contribution in [-0.4, -0.2) is 69.3 Å². The molecule has 35 heavy (non-hydrogen) atoms. The minimum atomic E-state index is -4.94. The maximum absolute atomic E-state index is 8.49. The molecule has 0 radical (unpaired) electrons. The third-order valence-corrected chi connectivity index (χ3v) is 5.99. The van der Waals surface area contributed by atoms with Gasteiger partial charge in [-0.2, -0.15) is 0 Å². The van der Waals surface area contributed by atoms with Crippen LogP contribution in [0.15, 0.2) is 0 Å². The molecule has 0 aromatic carbocycles. The van der Waals surface area contributed by atoms with Gasteiger partial charge in [0.2, 0.25) is 0 Å². The summed E-state index contributed by atoms with van der Waals surface area (Å²) in [6, 6.07) is 0. The largest absolute Gasteiger partial charge is 2.00 e. The number of nitrogens with one attached hydrogen (secondary N) is 3. The molecule has 1 aliphatic heterocycles. The van der Waals surface area contributed by atoms with Gasteiger partial charge in [-0.3, -0.25) is 0 Å². The van der Waals surface area contributed by atoms with E-state index in [9.17, 15) is 0 Å². The molecule has 11 heteroatoms. The average molecular weight is 579 g/mol. The maximum atomic E-state index is 8.49.